The maximum atomic E-state index is 11.4. The highest BCUT2D eigenvalue weighted by molar-refractivity contribution is 5.80. The van der Waals surface area contributed by atoms with Crippen LogP contribution in [0.3, 0.4) is 0 Å². The van der Waals surface area contributed by atoms with E-state index >= 15 is 0 Å². The van der Waals surface area contributed by atoms with Gasteiger partial charge in [0.25, 0.3) is 0 Å². The van der Waals surface area contributed by atoms with E-state index < -0.39 is 0 Å². The smallest absolute Gasteiger partial charge is 0.238 e. The van der Waals surface area contributed by atoms with Crippen molar-refractivity contribution in [2.24, 2.45) is 0 Å². The van der Waals surface area contributed by atoms with Gasteiger partial charge in [0.05, 0.1) is 6.04 Å². The van der Waals surface area contributed by atoms with E-state index in [9.17, 15) is 4.79 Å². The van der Waals surface area contributed by atoms with Crippen LogP contribution in [0.4, 0.5) is 0 Å². The van der Waals surface area contributed by atoms with Gasteiger partial charge in [-0.25, -0.2) is 0 Å². The molecule has 0 saturated carbocycles. The maximum absolute atomic E-state index is 11.4. The van der Waals surface area contributed by atoms with Crippen molar-refractivity contribution in [3.05, 3.63) is 12.2 Å². The Morgan fingerprint density at radius 3 is 2.46 bits per heavy atom. The molecule has 0 rings (SSSR count). The molecule has 76 valence electrons. The highest BCUT2D eigenvalue weighted by Crippen LogP contribution is 1.95. The van der Waals surface area contributed by atoms with E-state index in [0.717, 1.165) is 18.5 Å². The lowest BCUT2D eigenvalue weighted by atomic mass is 10.2. The first-order valence-electron chi connectivity index (χ1n) is 4.60. The van der Waals surface area contributed by atoms with Crippen LogP contribution >= 0.6 is 0 Å². The molecule has 1 atom stereocenters. The minimum atomic E-state index is -0.127. The number of nitrogens with zero attached hydrogens (tertiary/aromatic N) is 1. The van der Waals surface area contributed by atoms with Crippen molar-refractivity contribution in [3.8, 4) is 0 Å². The predicted molar refractivity (Wildman–Crippen MR) is 55.6 cm³/mol. The second-order valence-corrected chi connectivity index (χ2v) is 3.44. The van der Waals surface area contributed by atoms with Gasteiger partial charge in [0.15, 0.2) is 0 Å². The minimum Gasteiger partial charge on any atom is -0.347 e. The molecule has 0 aromatic rings. The first kappa shape index (κ1) is 12.2. The first-order chi connectivity index (χ1) is 5.99. The van der Waals surface area contributed by atoms with Crippen LogP contribution < -0.4 is 5.32 Å². The van der Waals surface area contributed by atoms with Crippen LogP contribution in [-0.2, 0) is 4.79 Å². The number of hydrogen-bond donors (Lipinski definition) is 1. The molecule has 13 heavy (non-hydrogen) atoms. The zero-order valence-corrected chi connectivity index (χ0v) is 9.05. The average Bonchev–Trinajstić information content (AvgIpc) is 2.11. The maximum Gasteiger partial charge on any atom is 0.238 e. The van der Waals surface area contributed by atoms with Crippen molar-refractivity contribution in [2.45, 2.75) is 26.3 Å². The molecular formula is C10H20N2O. The van der Waals surface area contributed by atoms with Gasteiger partial charge in [-0.3, -0.25) is 4.79 Å². The first-order valence-corrected chi connectivity index (χ1v) is 4.60. The number of nitrogens with one attached hydrogen (secondary N) is 1. The van der Waals surface area contributed by atoms with Gasteiger partial charge in [-0.05, 0) is 13.3 Å². The summed E-state index contributed by atoms with van der Waals surface area (Å²) in [6.07, 6.45) is 0.954. The average molecular weight is 184 g/mol. The van der Waals surface area contributed by atoms with Crippen LogP contribution in [0.2, 0.25) is 0 Å². The SMILES string of the molecule is C=C(CC)CNC(C)C(=O)N(C)C. The Labute approximate surface area is 80.8 Å². The predicted octanol–water partition coefficient (Wildman–Crippen LogP) is 1.02. The molecule has 0 aliphatic heterocycles. The number of amides is 1. The van der Waals surface area contributed by atoms with Crippen molar-refractivity contribution >= 4 is 5.91 Å². The number of carbonyl (C=O) groups excluding carboxylic acids is 1. The van der Waals surface area contributed by atoms with Crippen LogP contribution in [0.5, 0.6) is 0 Å². The third-order valence-corrected chi connectivity index (χ3v) is 1.97. The molecule has 3 heteroatoms. The molecule has 1 amide bonds. The molecular weight excluding hydrogens is 164 g/mol. The van der Waals surface area contributed by atoms with Crippen molar-refractivity contribution in [2.75, 3.05) is 20.6 Å². The number of hydrogen-bond acceptors (Lipinski definition) is 2. The molecule has 0 aliphatic carbocycles. The van der Waals surface area contributed by atoms with Gasteiger partial charge in [-0.2, -0.15) is 0 Å². The fourth-order valence-corrected chi connectivity index (χ4v) is 0.897. The Hall–Kier alpha value is -0.830. The molecule has 0 spiro atoms. The molecule has 0 aromatic carbocycles. The number of rotatable bonds is 5. The van der Waals surface area contributed by atoms with Crippen LogP contribution in [0, 0.1) is 0 Å². The summed E-state index contributed by atoms with van der Waals surface area (Å²) in [7, 11) is 3.52. The van der Waals surface area contributed by atoms with Gasteiger partial charge < -0.3 is 10.2 Å². The molecule has 0 bridgehead atoms. The largest absolute Gasteiger partial charge is 0.347 e. The van der Waals surface area contributed by atoms with E-state index in [2.05, 4.69) is 18.8 Å². The highest BCUT2D eigenvalue weighted by atomic mass is 16.2. The summed E-state index contributed by atoms with van der Waals surface area (Å²) in [6, 6.07) is -0.127. The van der Waals surface area contributed by atoms with E-state index in [0.29, 0.717) is 0 Å². The fraction of sp³-hybridized carbons (Fsp3) is 0.700. The lowest BCUT2D eigenvalue weighted by molar-refractivity contribution is -0.130. The molecule has 0 heterocycles. The van der Waals surface area contributed by atoms with Crippen molar-refractivity contribution in [1.82, 2.24) is 10.2 Å². The highest BCUT2D eigenvalue weighted by Gasteiger charge is 2.13. The third kappa shape index (κ3) is 4.68. The Morgan fingerprint density at radius 1 is 1.54 bits per heavy atom. The molecule has 0 aromatic heterocycles. The van der Waals surface area contributed by atoms with E-state index in [4.69, 9.17) is 0 Å². The Morgan fingerprint density at radius 2 is 2.08 bits per heavy atom. The van der Waals surface area contributed by atoms with Crippen molar-refractivity contribution in [3.63, 3.8) is 0 Å². The quantitative estimate of drug-likeness (QED) is 0.647. The molecule has 0 radical (unpaired) electrons. The summed E-state index contributed by atoms with van der Waals surface area (Å²) in [4.78, 5) is 13.0. The minimum absolute atomic E-state index is 0.101. The van der Waals surface area contributed by atoms with Crippen LogP contribution in [0.1, 0.15) is 20.3 Å². The second kappa shape index (κ2) is 5.75. The Kier molecular flexibility index (Phi) is 5.39. The number of likely N-dealkylation sites (N-methyl/N-ethyl adjacent to an activating group) is 1. The van der Waals surface area contributed by atoms with E-state index in [1.165, 1.54) is 0 Å². The molecule has 1 N–H and O–H groups in total. The van der Waals surface area contributed by atoms with E-state index in [-0.39, 0.29) is 11.9 Å². The fourth-order valence-electron chi connectivity index (χ4n) is 0.897. The van der Waals surface area contributed by atoms with Gasteiger partial charge in [-0.1, -0.05) is 19.1 Å². The molecule has 0 aliphatic rings. The van der Waals surface area contributed by atoms with Gasteiger partial charge in [-0.15, -0.1) is 0 Å². The van der Waals surface area contributed by atoms with Crippen LogP contribution in [0.15, 0.2) is 12.2 Å². The normalized spacial score (nSPS) is 12.3. The van der Waals surface area contributed by atoms with Gasteiger partial charge in [0.1, 0.15) is 0 Å². The Balaban J connectivity index is 3.81. The standard InChI is InChI=1S/C10H20N2O/c1-6-8(2)7-11-9(3)10(13)12(4)5/h9,11H,2,6-7H2,1,3-5H3. The second-order valence-electron chi connectivity index (χ2n) is 3.44. The topological polar surface area (TPSA) is 32.3 Å². The van der Waals surface area contributed by atoms with Gasteiger partial charge >= 0.3 is 0 Å². The lowest BCUT2D eigenvalue weighted by Crippen LogP contribution is -2.42. The van der Waals surface area contributed by atoms with Crippen LogP contribution in [0.25, 0.3) is 0 Å². The molecule has 0 saturated heterocycles. The van der Waals surface area contributed by atoms with Gasteiger partial charge in [0.2, 0.25) is 5.91 Å². The third-order valence-electron chi connectivity index (χ3n) is 1.97. The molecule has 3 nitrogen and oxygen atoms in total. The monoisotopic (exact) mass is 184 g/mol. The summed E-state index contributed by atoms with van der Waals surface area (Å²) in [5.41, 5.74) is 1.12. The summed E-state index contributed by atoms with van der Waals surface area (Å²) < 4.78 is 0. The van der Waals surface area contributed by atoms with Crippen molar-refractivity contribution in [1.29, 1.82) is 0 Å². The summed E-state index contributed by atoms with van der Waals surface area (Å²) in [6.45, 7) is 8.51. The Bertz CT molecular complexity index is 187. The summed E-state index contributed by atoms with van der Waals surface area (Å²) >= 11 is 0. The van der Waals surface area contributed by atoms with Crippen LogP contribution in [-0.4, -0.2) is 37.5 Å². The zero-order chi connectivity index (χ0) is 10.4. The zero-order valence-electron chi connectivity index (χ0n) is 9.05. The lowest BCUT2D eigenvalue weighted by Gasteiger charge is -2.18. The van der Waals surface area contributed by atoms with E-state index in [1.54, 1.807) is 19.0 Å². The molecule has 0 fully saturated rings. The summed E-state index contributed by atoms with van der Waals surface area (Å²) in [5, 5.41) is 3.12. The molecule has 1 unspecified atom stereocenters. The number of carbonyl (C=O) groups is 1. The van der Waals surface area contributed by atoms with E-state index in [1.807, 2.05) is 6.92 Å². The van der Waals surface area contributed by atoms with Crippen molar-refractivity contribution < 1.29 is 4.79 Å². The van der Waals surface area contributed by atoms with Gasteiger partial charge in [0, 0.05) is 20.6 Å². The summed E-state index contributed by atoms with van der Waals surface area (Å²) in [5.74, 6) is 0.101.